The quantitative estimate of drug-likeness (QED) is 0.815. The number of para-hydroxylation sites is 1. The molecule has 4 rings (SSSR count). The van der Waals surface area contributed by atoms with Crippen LogP contribution in [0.3, 0.4) is 0 Å². The van der Waals surface area contributed by atoms with Crippen LogP contribution in [-0.4, -0.2) is 61.0 Å². The van der Waals surface area contributed by atoms with E-state index in [1.54, 1.807) is 41.4 Å². The van der Waals surface area contributed by atoms with E-state index < -0.39 is 0 Å². The zero-order valence-electron chi connectivity index (χ0n) is 14.7. The molecule has 0 radical (unpaired) electrons. The second-order valence-electron chi connectivity index (χ2n) is 6.41. The van der Waals surface area contributed by atoms with Crippen LogP contribution in [0.2, 0.25) is 0 Å². The molecule has 0 saturated carbocycles. The van der Waals surface area contributed by atoms with Crippen LogP contribution in [0.1, 0.15) is 0 Å². The lowest BCUT2D eigenvalue weighted by molar-refractivity contribution is -0.132. The van der Waals surface area contributed by atoms with Crippen molar-refractivity contribution in [2.24, 2.45) is 0 Å². The first kappa shape index (κ1) is 17.3. The van der Waals surface area contributed by atoms with Crippen molar-refractivity contribution in [3.63, 3.8) is 0 Å². The van der Waals surface area contributed by atoms with Crippen LogP contribution in [0.15, 0.2) is 42.6 Å². The maximum Gasteiger partial charge on any atom is 0.266 e. The molecule has 1 fully saturated rings. The van der Waals surface area contributed by atoms with Crippen molar-refractivity contribution in [1.82, 2.24) is 9.88 Å². The number of aromatic nitrogens is 1. The highest BCUT2D eigenvalue weighted by Gasteiger charge is 2.31. The Morgan fingerprint density at radius 2 is 1.89 bits per heavy atom. The minimum absolute atomic E-state index is 0.0775. The minimum Gasteiger partial charge on any atom is -0.480 e. The molecule has 2 aliphatic rings. The summed E-state index contributed by atoms with van der Waals surface area (Å²) < 4.78 is 19.3. The lowest BCUT2D eigenvalue weighted by atomic mass is 10.2. The molecule has 140 valence electrons. The molecule has 2 amide bonds. The third-order valence-electron chi connectivity index (χ3n) is 4.78. The van der Waals surface area contributed by atoms with Gasteiger partial charge in [0, 0.05) is 32.4 Å². The lowest BCUT2D eigenvalue weighted by Crippen LogP contribution is -2.53. The summed E-state index contributed by atoms with van der Waals surface area (Å²) in [5.41, 5.74) is 0.547. The van der Waals surface area contributed by atoms with Gasteiger partial charge in [-0.2, -0.15) is 0 Å². The molecule has 0 spiro atoms. The third kappa shape index (κ3) is 3.42. The number of amides is 2. The summed E-state index contributed by atoms with van der Waals surface area (Å²) >= 11 is 0. The van der Waals surface area contributed by atoms with Crippen LogP contribution >= 0.6 is 0 Å². The Bertz CT molecular complexity index is 868. The Morgan fingerprint density at radius 3 is 2.67 bits per heavy atom. The predicted octanol–water partition coefficient (Wildman–Crippen LogP) is 1.29. The predicted molar refractivity (Wildman–Crippen MR) is 97.3 cm³/mol. The van der Waals surface area contributed by atoms with E-state index in [1.165, 1.54) is 11.0 Å². The number of piperazine rings is 1. The maximum atomic E-state index is 13.9. The van der Waals surface area contributed by atoms with E-state index >= 15 is 0 Å². The van der Waals surface area contributed by atoms with Crippen LogP contribution in [0.25, 0.3) is 0 Å². The summed E-state index contributed by atoms with van der Waals surface area (Å²) in [4.78, 5) is 34.1. The van der Waals surface area contributed by atoms with E-state index in [1.807, 2.05) is 4.90 Å². The number of carbonyl (C=O) groups is 2. The number of rotatable bonds is 3. The highest BCUT2D eigenvalue weighted by Crippen LogP contribution is 2.29. The van der Waals surface area contributed by atoms with Crippen LogP contribution in [0.5, 0.6) is 5.75 Å². The summed E-state index contributed by atoms with van der Waals surface area (Å²) in [6, 6.07) is 10.1. The van der Waals surface area contributed by atoms with Gasteiger partial charge in [0.15, 0.2) is 18.2 Å². The van der Waals surface area contributed by atoms with Crippen molar-refractivity contribution in [3.05, 3.63) is 48.4 Å². The fourth-order valence-electron chi connectivity index (χ4n) is 3.34. The Labute approximate surface area is 155 Å². The number of pyridine rings is 1. The topological polar surface area (TPSA) is 66.0 Å². The molecule has 0 aliphatic carbocycles. The van der Waals surface area contributed by atoms with Gasteiger partial charge in [0.1, 0.15) is 12.4 Å². The van der Waals surface area contributed by atoms with E-state index in [2.05, 4.69) is 4.98 Å². The number of anilines is 2. The summed E-state index contributed by atoms with van der Waals surface area (Å²) in [7, 11) is 0. The van der Waals surface area contributed by atoms with Crippen molar-refractivity contribution < 1.29 is 18.7 Å². The Kier molecular flexibility index (Phi) is 4.62. The standard InChI is InChI=1S/C19H19FN4O3/c20-14-4-1-2-5-15(14)22-8-10-23(11-9-22)17(25)12-24-18(26)13-27-16-6-3-7-21-19(16)24/h1-7H,8-13H2. The molecule has 7 nitrogen and oxygen atoms in total. The molecule has 0 unspecified atom stereocenters. The number of carbonyl (C=O) groups excluding carboxylic acids is 2. The molecular weight excluding hydrogens is 351 g/mol. The normalized spacial score (nSPS) is 16.8. The number of nitrogens with zero attached hydrogens (tertiary/aromatic N) is 4. The Hall–Kier alpha value is -3.16. The van der Waals surface area contributed by atoms with Gasteiger partial charge in [-0.25, -0.2) is 9.37 Å². The monoisotopic (exact) mass is 370 g/mol. The Morgan fingerprint density at radius 1 is 1.11 bits per heavy atom. The third-order valence-corrected chi connectivity index (χ3v) is 4.78. The second kappa shape index (κ2) is 7.22. The van der Waals surface area contributed by atoms with Gasteiger partial charge >= 0.3 is 0 Å². The van der Waals surface area contributed by atoms with Gasteiger partial charge in [-0.1, -0.05) is 12.1 Å². The zero-order valence-corrected chi connectivity index (χ0v) is 14.7. The zero-order chi connectivity index (χ0) is 18.8. The van der Waals surface area contributed by atoms with Gasteiger partial charge in [-0.15, -0.1) is 0 Å². The first-order valence-electron chi connectivity index (χ1n) is 8.79. The van der Waals surface area contributed by atoms with Crippen molar-refractivity contribution in [2.75, 3.05) is 49.1 Å². The molecule has 2 aliphatic heterocycles. The fourth-order valence-corrected chi connectivity index (χ4v) is 3.34. The molecule has 0 bridgehead atoms. The summed E-state index contributed by atoms with van der Waals surface area (Å²) in [6.45, 7) is 1.84. The van der Waals surface area contributed by atoms with Crippen molar-refractivity contribution >= 4 is 23.3 Å². The van der Waals surface area contributed by atoms with E-state index in [-0.39, 0.29) is 30.8 Å². The molecular formula is C19H19FN4O3. The van der Waals surface area contributed by atoms with Crippen LogP contribution in [0.4, 0.5) is 15.9 Å². The SMILES string of the molecule is O=C(CN1C(=O)COc2cccnc21)N1CCN(c2ccccc2F)CC1. The van der Waals surface area contributed by atoms with E-state index in [0.717, 1.165) is 0 Å². The number of halogens is 1. The molecule has 27 heavy (non-hydrogen) atoms. The summed E-state index contributed by atoms with van der Waals surface area (Å²) in [5.74, 6) is 0.148. The van der Waals surface area contributed by atoms with E-state index in [4.69, 9.17) is 4.74 Å². The fraction of sp³-hybridized carbons (Fsp3) is 0.316. The van der Waals surface area contributed by atoms with Crippen molar-refractivity contribution in [2.45, 2.75) is 0 Å². The first-order valence-corrected chi connectivity index (χ1v) is 8.79. The summed E-state index contributed by atoms with van der Waals surface area (Å²) in [5, 5.41) is 0. The lowest BCUT2D eigenvalue weighted by Gasteiger charge is -2.37. The van der Waals surface area contributed by atoms with Crippen molar-refractivity contribution in [1.29, 1.82) is 0 Å². The molecule has 1 aromatic heterocycles. The maximum absolute atomic E-state index is 13.9. The van der Waals surface area contributed by atoms with Crippen LogP contribution < -0.4 is 14.5 Å². The number of fused-ring (bicyclic) bond motifs is 1. The van der Waals surface area contributed by atoms with E-state index in [0.29, 0.717) is 43.4 Å². The smallest absolute Gasteiger partial charge is 0.266 e. The van der Waals surface area contributed by atoms with Gasteiger partial charge in [-0.05, 0) is 24.3 Å². The average Bonchev–Trinajstić information content (AvgIpc) is 2.70. The number of ether oxygens (including phenoxy) is 1. The van der Waals surface area contributed by atoms with Crippen LogP contribution in [0, 0.1) is 5.82 Å². The highest BCUT2D eigenvalue weighted by atomic mass is 19.1. The second-order valence-corrected chi connectivity index (χ2v) is 6.41. The molecule has 1 aromatic carbocycles. The summed E-state index contributed by atoms with van der Waals surface area (Å²) in [6.07, 6.45) is 1.56. The molecule has 8 heteroatoms. The van der Waals surface area contributed by atoms with Gasteiger partial charge in [0.05, 0.1) is 5.69 Å². The molecule has 0 atom stereocenters. The van der Waals surface area contributed by atoms with Gasteiger partial charge in [0.25, 0.3) is 5.91 Å². The van der Waals surface area contributed by atoms with Crippen molar-refractivity contribution in [3.8, 4) is 5.75 Å². The largest absolute Gasteiger partial charge is 0.480 e. The van der Waals surface area contributed by atoms with Crippen LogP contribution in [-0.2, 0) is 9.59 Å². The molecule has 1 saturated heterocycles. The molecule has 3 heterocycles. The number of benzene rings is 1. The first-order chi connectivity index (χ1) is 13.1. The minimum atomic E-state index is -0.292. The number of hydrogen-bond acceptors (Lipinski definition) is 5. The average molecular weight is 370 g/mol. The van der Waals surface area contributed by atoms with Gasteiger partial charge in [-0.3, -0.25) is 14.5 Å². The highest BCUT2D eigenvalue weighted by molar-refractivity contribution is 6.01. The van der Waals surface area contributed by atoms with Gasteiger partial charge < -0.3 is 14.5 Å². The number of hydrogen-bond donors (Lipinski definition) is 0. The van der Waals surface area contributed by atoms with E-state index in [9.17, 15) is 14.0 Å². The Balaban J connectivity index is 1.40. The van der Waals surface area contributed by atoms with Gasteiger partial charge in [0.2, 0.25) is 5.91 Å². The molecule has 0 N–H and O–H groups in total. The molecule has 2 aromatic rings.